The molecule has 0 aliphatic heterocycles. The van der Waals surface area contributed by atoms with E-state index in [1.807, 2.05) is 0 Å². The third kappa shape index (κ3) is 17.1. The third-order valence-corrected chi connectivity index (χ3v) is 6.46. The largest absolute Gasteiger partial charge is 1.00 e. The molecule has 0 spiro atoms. The molecule has 0 aromatic heterocycles. The van der Waals surface area contributed by atoms with Gasteiger partial charge in [0.05, 0.1) is 0 Å². The van der Waals surface area contributed by atoms with Gasteiger partial charge in [-0.25, -0.2) is 0 Å². The average Bonchev–Trinajstić information content (AvgIpc) is 2.43. The van der Waals surface area contributed by atoms with E-state index in [0.29, 0.717) is 0 Å². The predicted octanol–water partition coefficient (Wildman–Crippen LogP) is 3.35. The van der Waals surface area contributed by atoms with E-state index in [1.165, 1.54) is 94.3 Å². The van der Waals surface area contributed by atoms with Gasteiger partial charge in [0.15, 0.2) is 0 Å². The Morgan fingerprint density at radius 3 is 1.00 bits per heavy atom. The van der Waals surface area contributed by atoms with E-state index in [9.17, 15) is 0 Å². The van der Waals surface area contributed by atoms with E-state index in [1.54, 1.807) is 0 Å². The molecule has 0 atom stereocenters. The van der Waals surface area contributed by atoms with Gasteiger partial charge >= 0.3 is 0 Å². The fourth-order valence-corrected chi connectivity index (χ4v) is 4.95. The normalized spacial score (nSPS) is 10.8. The molecule has 0 saturated carbocycles. The topological polar surface area (TPSA) is 0 Å². The molecule has 0 aliphatic rings. The van der Waals surface area contributed by atoms with Crippen LogP contribution in [0.2, 0.25) is 0 Å². The molecule has 0 radical (unpaired) electrons. The molecular formula is C18H39IS. The van der Waals surface area contributed by atoms with E-state index in [0.717, 1.165) is 10.9 Å². The summed E-state index contributed by atoms with van der Waals surface area (Å²) in [4.78, 5) is 0. The lowest BCUT2D eigenvalue weighted by Gasteiger charge is -2.09. The minimum atomic E-state index is 0. The predicted molar refractivity (Wildman–Crippen MR) is 94.4 cm³/mol. The van der Waals surface area contributed by atoms with Crippen molar-refractivity contribution < 1.29 is 24.0 Å². The van der Waals surface area contributed by atoms with Crippen LogP contribution in [0.25, 0.3) is 0 Å². The second-order valence-electron chi connectivity index (χ2n) is 5.91. The van der Waals surface area contributed by atoms with E-state index in [2.05, 4.69) is 20.8 Å². The maximum atomic E-state index is 2.31. The first-order chi connectivity index (χ1) is 9.35. The molecule has 0 rings (SSSR count). The van der Waals surface area contributed by atoms with Gasteiger partial charge in [-0.1, -0.05) is 59.3 Å². The summed E-state index contributed by atoms with van der Waals surface area (Å²) in [6.45, 7) is 6.94. The van der Waals surface area contributed by atoms with Crippen LogP contribution in [0.1, 0.15) is 97.8 Å². The number of rotatable bonds is 15. The minimum Gasteiger partial charge on any atom is -1.00 e. The number of unbranched alkanes of at least 4 members (excludes halogenated alkanes) is 9. The van der Waals surface area contributed by atoms with Gasteiger partial charge in [-0.15, -0.1) is 0 Å². The molecule has 0 aromatic carbocycles. The summed E-state index contributed by atoms with van der Waals surface area (Å²) in [7, 11) is 0.765. The Balaban J connectivity index is 0. The molecule has 0 bridgehead atoms. The molecule has 124 valence electrons. The van der Waals surface area contributed by atoms with E-state index < -0.39 is 0 Å². The fourth-order valence-electron chi connectivity index (χ4n) is 2.51. The van der Waals surface area contributed by atoms with E-state index >= 15 is 0 Å². The van der Waals surface area contributed by atoms with Crippen LogP contribution >= 0.6 is 0 Å². The lowest BCUT2D eigenvalue weighted by atomic mass is 10.2. The van der Waals surface area contributed by atoms with Crippen molar-refractivity contribution in [3.05, 3.63) is 0 Å². The highest BCUT2D eigenvalue weighted by Crippen LogP contribution is 2.12. The van der Waals surface area contributed by atoms with Crippen LogP contribution in [0.5, 0.6) is 0 Å². The highest BCUT2D eigenvalue weighted by Gasteiger charge is 2.16. The van der Waals surface area contributed by atoms with Crippen molar-refractivity contribution in [3.8, 4) is 0 Å². The molecule has 2 heteroatoms. The lowest BCUT2D eigenvalue weighted by molar-refractivity contribution is -0.00000435. The maximum absolute atomic E-state index is 2.31. The smallest absolute Gasteiger partial charge is 0.108 e. The Hall–Kier alpha value is 1.08. The van der Waals surface area contributed by atoms with Gasteiger partial charge in [0.25, 0.3) is 0 Å². The molecule has 20 heavy (non-hydrogen) atoms. The Morgan fingerprint density at radius 2 is 0.750 bits per heavy atom. The number of hydrogen-bond acceptors (Lipinski definition) is 0. The summed E-state index contributed by atoms with van der Waals surface area (Å²) in [6, 6.07) is 0. The number of halogens is 1. The Morgan fingerprint density at radius 1 is 0.450 bits per heavy atom. The summed E-state index contributed by atoms with van der Waals surface area (Å²) in [6.07, 6.45) is 17.4. The van der Waals surface area contributed by atoms with Crippen LogP contribution in [0, 0.1) is 0 Å². The molecule has 0 aromatic rings. The fraction of sp³-hybridized carbons (Fsp3) is 1.00. The van der Waals surface area contributed by atoms with Crippen LogP contribution < -0.4 is 24.0 Å². The summed E-state index contributed by atoms with van der Waals surface area (Å²) in [5.74, 6) is 4.62. The zero-order valence-electron chi connectivity index (χ0n) is 14.4. The van der Waals surface area contributed by atoms with Gasteiger partial charge < -0.3 is 24.0 Å². The van der Waals surface area contributed by atoms with Gasteiger partial charge in [-0.2, -0.15) is 0 Å². The van der Waals surface area contributed by atoms with Crippen molar-refractivity contribution in [2.75, 3.05) is 17.3 Å². The number of hydrogen-bond donors (Lipinski definition) is 0. The van der Waals surface area contributed by atoms with Crippen LogP contribution in [0.3, 0.4) is 0 Å². The first kappa shape index (κ1) is 23.3. The van der Waals surface area contributed by atoms with Gasteiger partial charge in [-0.05, 0) is 49.4 Å². The van der Waals surface area contributed by atoms with Gasteiger partial charge in [-0.3, -0.25) is 0 Å². The molecule has 0 unspecified atom stereocenters. The van der Waals surface area contributed by atoms with E-state index in [4.69, 9.17) is 0 Å². The third-order valence-electron chi connectivity index (χ3n) is 3.86. The van der Waals surface area contributed by atoms with Crippen LogP contribution in [-0.4, -0.2) is 17.3 Å². The zero-order valence-corrected chi connectivity index (χ0v) is 17.4. The molecule has 0 fully saturated rings. The molecule has 0 nitrogen and oxygen atoms in total. The zero-order chi connectivity index (χ0) is 14.2. The lowest BCUT2D eigenvalue weighted by Crippen LogP contribution is -3.00. The maximum Gasteiger partial charge on any atom is 0.108 e. The molecule has 0 heterocycles. The highest BCUT2D eigenvalue weighted by molar-refractivity contribution is 7.96. The average molecular weight is 414 g/mol. The van der Waals surface area contributed by atoms with Crippen molar-refractivity contribution in [1.82, 2.24) is 0 Å². The van der Waals surface area contributed by atoms with Gasteiger partial charge in [0.1, 0.15) is 17.3 Å². The van der Waals surface area contributed by atoms with Crippen LogP contribution in [0.4, 0.5) is 0 Å². The van der Waals surface area contributed by atoms with Crippen molar-refractivity contribution in [3.63, 3.8) is 0 Å². The molecule has 0 aliphatic carbocycles. The van der Waals surface area contributed by atoms with Crippen molar-refractivity contribution >= 4 is 10.9 Å². The highest BCUT2D eigenvalue weighted by atomic mass is 127. The standard InChI is InChI=1S/C18H39S.HI/c1-4-7-10-13-16-19(17-14-11-8-5-2)18-15-12-9-6-3;/h4-18H2,1-3H3;1H/q+1;/p-1. The summed E-state index contributed by atoms with van der Waals surface area (Å²) < 4.78 is 0. The summed E-state index contributed by atoms with van der Waals surface area (Å²) in [5, 5.41) is 0. The Labute approximate surface area is 149 Å². The molecule has 0 N–H and O–H groups in total. The first-order valence-corrected chi connectivity index (χ1v) is 10.7. The monoisotopic (exact) mass is 414 g/mol. The minimum absolute atomic E-state index is 0. The Kier molecular flexibility index (Phi) is 23.4. The van der Waals surface area contributed by atoms with Crippen LogP contribution in [-0.2, 0) is 10.9 Å². The summed E-state index contributed by atoms with van der Waals surface area (Å²) in [5.41, 5.74) is 0. The van der Waals surface area contributed by atoms with Gasteiger partial charge in [0.2, 0.25) is 0 Å². The summed E-state index contributed by atoms with van der Waals surface area (Å²) >= 11 is 0. The van der Waals surface area contributed by atoms with Crippen molar-refractivity contribution in [2.24, 2.45) is 0 Å². The molecule has 0 saturated heterocycles. The second kappa shape index (κ2) is 20.1. The quantitative estimate of drug-likeness (QED) is 0.219. The van der Waals surface area contributed by atoms with Gasteiger partial charge in [0, 0.05) is 0 Å². The van der Waals surface area contributed by atoms with Crippen molar-refractivity contribution in [2.45, 2.75) is 97.8 Å². The van der Waals surface area contributed by atoms with Crippen molar-refractivity contribution in [1.29, 1.82) is 0 Å². The van der Waals surface area contributed by atoms with Crippen LogP contribution in [0.15, 0.2) is 0 Å². The molecular weight excluding hydrogens is 375 g/mol. The SMILES string of the molecule is CCCCCC[S+](CCCCCC)CCCCCC.[I-]. The first-order valence-electron chi connectivity index (χ1n) is 8.99. The second-order valence-corrected chi connectivity index (χ2v) is 8.36. The Bertz CT molecular complexity index is 133. The van der Waals surface area contributed by atoms with E-state index in [-0.39, 0.29) is 24.0 Å². The molecule has 0 amide bonds.